The highest BCUT2D eigenvalue weighted by Crippen LogP contribution is 2.42. The minimum atomic E-state index is -0.433. The van der Waals surface area contributed by atoms with E-state index in [9.17, 15) is 14.4 Å². The van der Waals surface area contributed by atoms with Crippen molar-refractivity contribution in [1.29, 1.82) is 0 Å². The number of halogens is 2. The van der Waals surface area contributed by atoms with Crippen LogP contribution in [0.5, 0.6) is 0 Å². The molecule has 0 spiro atoms. The summed E-state index contributed by atoms with van der Waals surface area (Å²) < 4.78 is 1.32. The van der Waals surface area contributed by atoms with Crippen molar-refractivity contribution in [3.8, 4) is 33.4 Å². The zero-order valence-corrected chi connectivity index (χ0v) is 21.0. The Kier molecular flexibility index (Phi) is 6.61. The van der Waals surface area contributed by atoms with Gasteiger partial charge in [0.05, 0.1) is 15.6 Å². The first kappa shape index (κ1) is 24.4. The number of aromatic nitrogens is 2. The van der Waals surface area contributed by atoms with Crippen molar-refractivity contribution in [3.63, 3.8) is 0 Å². The normalized spacial score (nSPS) is 10.9. The molecule has 2 aromatic heterocycles. The number of carbonyl (C=O) groups excluding carboxylic acids is 2. The Morgan fingerprint density at radius 2 is 1.38 bits per heavy atom. The molecule has 182 valence electrons. The number of hydrogen-bond donors (Lipinski definition) is 1. The molecule has 5 aromatic rings. The van der Waals surface area contributed by atoms with Crippen molar-refractivity contribution < 1.29 is 9.59 Å². The topological polar surface area (TPSA) is 80.5 Å². The minimum Gasteiger partial charge on any atom is -0.388 e. The molecule has 0 amide bonds. The van der Waals surface area contributed by atoms with Crippen LogP contribution in [0.4, 0.5) is 5.69 Å². The predicted molar refractivity (Wildman–Crippen MR) is 148 cm³/mol. The van der Waals surface area contributed by atoms with E-state index in [1.165, 1.54) is 10.6 Å². The first-order valence-corrected chi connectivity index (χ1v) is 12.0. The van der Waals surface area contributed by atoms with Crippen LogP contribution in [0.15, 0.2) is 83.9 Å². The van der Waals surface area contributed by atoms with Crippen LogP contribution in [-0.4, -0.2) is 29.0 Å². The zero-order chi connectivity index (χ0) is 26.1. The molecule has 0 aliphatic carbocycles. The predicted octanol–water partition coefficient (Wildman–Crippen LogP) is 6.67. The Hall–Kier alpha value is -4.26. The maximum absolute atomic E-state index is 12.4. The van der Waals surface area contributed by atoms with Crippen LogP contribution >= 0.6 is 23.2 Å². The summed E-state index contributed by atoms with van der Waals surface area (Å²) in [5.74, 6) is 0. The Balaban J connectivity index is 1.62. The zero-order valence-electron chi connectivity index (χ0n) is 19.5. The lowest BCUT2D eigenvalue weighted by atomic mass is 9.95. The Labute approximate surface area is 222 Å². The van der Waals surface area contributed by atoms with Gasteiger partial charge >= 0.3 is 0 Å². The van der Waals surface area contributed by atoms with Crippen molar-refractivity contribution in [1.82, 2.24) is 9.38 Å². The third-order valence-electron chi connectivity index (χ3n) is 6.22. The lowest BCUT2D eigenvalue weighted by molar-refractivity contribution is 0.111. The summed E-state index contributed by atoms with van der Waals surface area (Å²) in [4.78, 5) is 39.1. The van der Waals surface area contributed by atoms with Crippen molar-refractivity contribution in [2.45, 2.75) is 0 Å². The molecule has 0 saturated heterocycles. The number of anilines is 1. The third-order valence-corrected chi connectivity index (χ3v) is 7.04. The number of aldehydes is 2. The van der Waals surface area contributed by atoms with E-state index in [0.717, 1.165) is 39.7 Å². The number of benzene rings is 3. The SMILES string of the molecule is CNc1cc(-c2cccc(-c3cccc(-c4ccn5c(=O)c(C=O)cnc5c4)c3Cl)c2Cl)ccc1C=O. The number of pyridine rings is 1. The second kappa shape index (κ2) is 10.0. The molecule has 0 bridgehead atoms. The molecule has 0 unspecified atom stereocenters. The number of nitrogens with zero attached hydrogens (tertiary/aromatic N) is 2. The smallest absolute Gasteiger partial charge is 0.268 e. The van der Waals surface area contributed by atoms with E-state index >= 15 is 0 Å². The van der Waals surface area contributed by atoms with Crippen molar-refractivity contribution >= 4 is 47.1 Å². The highest BCUT2D eigenvalue weighted by Gasteiger charge is 2.16. The van der Waals surface area contributed by atoms with Gasteiger partial charge in [0.2, 0.25) is 0 Å². The molecule has 0 aliphatic heterocycles. The van der Waals surface area contributed by atoms with Gasteiger partial charge < -0.3 is 5.32 Å². The average Bonchev–Trinajstić information content (AvgIpc) is 2.93. The van der Waals surface area contributed by atoms with Gasteiger partial charge in [-0.3, -0.25) is 18.8 Å². The summed E-state index contributed by atoms with van der Waals surface area (Å²) in [5, 5.41) is 4.05. The second-order valence-corrected chi connectivity index (χ2v) is 9.04. The molecule has 0 saturated carbocycles. The van der Waals surface area contributed by atoms with Gasteiger partial charge in [-0.25, -0.2) is 4.98 Å². The molecule has 37 heavy (non-hydrogen) atoms. The molecule has 1 N–H and O–H groups in total. The van der Waals surface area contributed by atoms with Gasteiger partial charge in [0.15, 0.2) is 12.6 Å². The van der Waals surface area contributed by atoms with E-state index in [4.69, 9.17) is 23.2 Å². The van der Waals surface area contributed by atoms with E-state index < -0.39 is 5.56 Å². The van der Waals surface area contributed by atoms with Gasteiger partial charge in [0.1, 0.15) is 5.65 Å². The van der Waals surface area contributed by atoms with E-state index in [-0.39, 0.29) is 5.56 Å². The van der Waals surface area contributed by atoms with Crippen LogP contribution in [-0.2, 0) is 0 Å². The van der Waals surface area contributed by atoms with Crippen molar-refractivity contribution in [2.24, 2.45) is 0 Å². The van der Waals surface area contributed by atoms with Crippen LogP contribution in [0, 0.1) is 0 Å². The standard InChI is InChI=1S/C29H19Cl2N3O3/c1-32-25-12-17(8-9-19(25)15-35)21-4-2-6-23(27(21)30)24-7-3-5-22(28(24)31)18-10-11-34-26(13-18)33-14-20(16-36)29(34)37/h2-16,32H,1H3. The van der Waals surface area contributed by atoms with Crippen LogP contribution in [0.2, 0.25) is 10.0 Å². The fourth-order valence-corrected chi connectivity index (χ4v) is 4.98. The maximum atomic E-state index is 12.4. The fourth-order valence-electron chi connectivity index (χ4n) is 4.31. The lowest BCUT2D eigenvalue weighted by Crippen LogP contribution is -2.18. The molecule has 5 rings (SSSR count). The molecule has 0 atom stereocenters. The molecule has 0 aliphatic rings. The monoisotopic (exact) mass is 527 g/mol. The lowest BCUT2D eigenvalue weighted by Gasteiger charge is -2.15. The highest BCUT2D eigenvalue weighted by molar-refractivity contribution is 6.39. The first-order chi connectivity index (χ1) is 18.0. The molecule has 0 fully saturated rings. The van der Waals surface area contributed by atoms with Crippen LogP contribution in [0.3, 0.4) is 0 Å². The molecular formula is C29H19Cl2N3O3. The Bertz CT molecular complexity index is 1760. The number of hydrogen-bond acceptors (Lipinski definition) is 5. The number of carbonyl (C=O) groups is 2. The van der Waals surface area contributed by atoms with Crippen LogP contribution in [0.1, 0.15) is 20.7 Å². The summed E-state index contributed by atoms with van der Waals surface area (Å²) in [6.07, 6.45) is 4.13. The summed E-state index contributed by atoms with van der Waals surface area (Å²) in [6.45, 7) is 0. The van der Waals surface area contributed by atoms with Crippen molar-refractivity contribution in [3.05, 3.63) is 111 Å². The van der Waals surface area contributed by atoms with Gasteiger partial charge in [0, 0.05) is 52.9 Å². The van der Waals surface area contributed by atoms with Gasteiger partial charge in [0.25, 0.3) is 5.56 Å². The van der Waals surface area contributed by atoms with Gasteiger partial charge in [-0.1, -0.05) is 65.7 Å². The Morgan fingerprint density at radius 3 is 1.97 bits per heavy atom. The highest BCUT2D eigenvalue weighted by atomic mass is 35.5. The summed E-state index contributed by atoms with van der Waals surface area (Å²) in [7, 11) is 1.76. The fraction of sp³-hybridized carbons (Fsp3) is 0.0345. The van der Waals surface area contributed by atoms with Gasteiger partial charge in [-0.05, 0) is 35.4 Å². The molecule has 2 heterocycles. The quantitative estimate of drug-likeness (QED) is 0.249. The summed E-state index contributed by atoms with van der Waals surface area (Å²) in [6, 6.07) is 20.4. The Morgan fingerprint density at radius 1 is 0.784 bits per heavy atom. The summed E-state index contributed by atoms with van der Waals surface area (Å²) in [5.41, 5.74) is 5.87. The molecule has 3 aromatic carbocycles. The van der Waals surface area contributed by atoms with Gasteiger partial charge in [-0.2, -0.15) is 0 Å². The molecule has 8 heteroatoms. The largest absolute Gasteiger partial charge is 0.388 e. The number of fused-ring (bicyclic) bond motifs is 1. The minimum absolute atomic E-state index is 0.0116. The number of nitrogens with one attached hydrogen (secondary N) is 1. The van der Waals surface area contributed by atoms with Crippen LogP contribution in [0.25, 0.3) is 39.0 Å². The molecule has 6 nitrogen and oxygen atoms in total. The average molecular weight is 528 g/mol. The second-order valence-electron chi connectivity index (χ2n) is 8.28. The molecular weight excluding hydrogens is 509 g/mol. The van der Waals surface area contributed by atoms with Crippen LogP contribution < -0.4 is 10.9 Å². The van der Waals surface area contributed by atoms with E-state index in [1.807, 2.05) is 48.5 Å². The number of rotatable bonds is 6. The van der Waals surface area contributed by atoms with Gasteiger partial charge in [-0.15, -0.1) is 0 Å². The first-order valence-electron chi connectivity index (χ1n) is 11.3. The third kappa shape index (κ3) is 4.31. The maximum Gasteiger partial charge on any atom is 0.268 e. The van der Waals surface area contributed by atoms with E-state index in [0.29, 0.717) is 33.2 Å². The molecule has 0 radical (unpaired) electrons. The summed E-state index contributed by atoms with van der Waals surface area (Å²) >= 11 is 13.8. The van der Waals surface area contributed by atoms with Crippen molar-refractivity contribution in [2.75, 3.05) is 12.4 Å². The van der Waals surface area contributed by atoms with E-state index in [1.54, 1.807) is 31.4 Å². The van der Waals surface area contributed by atoms with E-state index in [2.05, 4.69) is 10.3 Å².